The minimum atomic E-state index is -0.185. The van der Waals surface area contributed by atoms with Crippen LogP contribution >= 0.6 is 0 Å². The van der Waals surface area contributed by atoms with Crippen LogP contribution in [0.1, 0.15) is 41.1 Å². The maximum atomic E-state index is 13.2. The summed E-state index contributed by atoms with van der Waals surface area (Å²) in [7, 11) is 1.61. The molecular formula is C24H28N2O3. The molecule has 2 aromatic rings. The monoisotopic (exact) mass is 392 g/mol. The summed E-state index contributed by atoms with van der Waals surface area (Å²) >= 11 is 0. The van der Waals surface area contributed by atoms with Crippen LogP contribution in [0.25, 0.3) is 0 Å². The number of amides is 2. The van der Waals surface area contributed by atoms with Crippen LogP contribution in [-0.4, -0.2) is 43.5 Å². The van der Waals surface area contributed by atoms with E-state index in [1.54, 1.807) is 31.4 Å². The van der Waals surface area contributed by atoms with Gasteiger partial charge in [-0.1, -0.05) is 30.3 Å². The summed E-state index contributed by atoms with van der Waals surface area (Å²) in [5.74, 6) is 1.38. The van der Waals surface area contributed by atoms with Gasteiger partial charge in [0.2, 0.25) is 5.91 Å². The van der Waals surface area contributed by atoms with Crippen LogP contribution in [-0.2, 0) is 4.79 Å². The van der Waals surface area contributed by atoms with E-state index in [9.17, 15) is 9.59 Å². The van der Waals surface area contributed by atoms with Gasteiger partial charge in [0.15, 0.2) is 0 Å². The molecule has 152 valence electrons. The van der Waals surface area contributed by atoms with Crippen LogP contribution in [0.2, 0.25) is 0 Å². The molecule has 1 aliphatic heterocycles. The van der Waals surface area contributed by atoms with Crippen LogP contribution in [0.3, 0.4) is 0 Å². The minimum absolute atomic E-state index is 0.0340. The fourth-order valence-corrected chi connectivity index (χ4v) is 4.05. The Bertz CT molecular complexity index is 846. The van der Waals surface area contributed by atoms with E-state index in [0.717, 1.165) is 18.7 Å². The highest BCUT2D eigenvalue weighted by Crippen LogP contribution is 2.32. The van der Waals surface area contributed by atoms with E-state index in [-0.39, 0.29) is 23.7 Å². The van der Waals surface area contributed by atoms with Gasteiger partial charge in [-0.25, -0.2) is 0 Å². The Labute approximate surface area is 172 Å². The molecule has 2 atom stereocenters. The third kappa shape index (κ3) is 4.78. The molecule has 2 amide bonds. The van der Waals surface area contributed by atoms with E-state index in [1.165, 1.54) is 18.4 Å². The molecule has 0 bridgehead atoms. The second kappa shape index (κ2) is 8.68. The fourth-order valence-electron chi connectivity index (χ4n) is 4.05. The maximum absolute atomic E-state index is 13.2. The molecule has 2 aliphatic rings. The number of rotatable bonds is 6. The topological polar surface area (TPSA) is 58.6 Å². The van der Waals surface area contributed by atoms with Crippen LogP contribution in [0.15, 0.2) is 54.6 Å². The molecule has 1 saturated carbocycles. The lowest BCUT2D eigenvalue weighted by Crippen LogP contribution is -2.48. The Morgan fingerprint density at radius 3 is 2.41 bits per heavy atom. The van der Waals surface area contributed by atoms with Gasteiger partial charge in [0.25, 0.3) is 5.91 Å². The third-order valence-corrected chi connectivity index (χ3v) is 5.98. The van der Waals surface area contributed by atoms with Crippen LogP contribution in [0.4, 0.5) is 0 Å². The molecule has 5 heteroatoms. The zero-order chi connectivity index (χ0) is 20.2. The van der Waals surface area contributed by atoms with Crippen molar-refractivity contribution in [3.63, 3.8) is 0 Å². The lowest BCUT2D eigenvalue weighted by atomic mass is 9.83. The highest BCUT2D eigenvalue weighted by molar-refractivity contribution is 5.95. The quantitative estimate of drug-likeness (QED) is 0.819. The molecule has 2 unspecified atom stereocenters. The Morgan fingerprint density at radius 2 is 1.76 bits per heavy atom. The minimum Gasteiger partial charge on any atom is -0.497 e. The summed E-state index contributed by atoms with van der Waals surface area (Å²) in [5, 5.41) is 3.11. The molecule has 1 saturated heterocycles. The number of ether oxygens (including phenoxy) is 1. The Balaban J connectivity index is 1.52. The second-order valence-corrected chi connectivity index (χ2v) is 8.17. The first-order chi connectivity index (χ1) is 14.1. The van der Waals surface area contributed by atoms with Gasteiger partial charge < -0.3 is 15.0 Å². The van der Waals surface area contributed by atoms with Gasteiger partial charge >= 0.3 is 0 Å². The number of piperidine rings is 1. The van der Waals surface area contributed by atoms with Crippen molar-refractivity contribution in [1.82, 2.24) is 10.2 Å². The number of carbonyl (C=O) groups excluding carboxylic acids is 2. The molecule has 1 aliphatic carbocycles. The maximum Gasteiger partial charge on any atom is 0.253 e. The Kier molecular flexibility index (Phi) is 5.84. The van der Waals surface area contributed by atoms with Crippen LogP contribution in [0.5, 0.6) is 5.75 Å². The molecule has 2 aromatic carbocycles. The molecule has 4 rings (SSSR count). The summed E-state index contributed by atoms with van der Waals surface area (Å²) in [6.07, 6.45) is 3.19. The number of hydrogen-bond acceptors (Lipinski definition) is 3. The molecule has 1 heterocycles. The average Bonchev–Trinajstić information content (AvgIpc) is 3.62. The van der Waals surface area contributed by atoms with Gasteiger partial charge in [0, 0.05) is 31.1 Å². The van der Waals surface area contributed by atoms with Crippen molar-refractivity contribution in [3.8, 4) is 5.75 Å². The molecule has 1 N–H and O–H groups in total. The number of nitrogens with zero attached hydrogens (tertiary/aromatic N) is 1. The predicted octanol–water partition coefficient (Wildman–Crippen LogP) is 3.47. The van der Waals surface area contributed by atoms with Crippen molar-refractivity contribution in [2.24, 2.45) is 11.8 Å². The number of hydrogen-bond donors (Lipinski definition) is 1. The van der Waals surface area contributed by atoms with Crippen molar-refractivity contribution < 1.29 is 14.3 Å². The normalized spacial score (nSPS) is 21.5. The summed E-state index contributed by atoms with van der Waals surface area (Å²) in [4.78, 5) is 27.8. The number of nitrogens with one attached hydrogen (secondary N) is 1. The second-order valence-electron chi connectivity index (χ2n) is 8.17. The van der Waals surface area contributed by atoms with E-state index in [2.05, 4.69) is 17.4 Å². The van der Waals surface area contributed by atoms with Crippen molar-refractivity contribution in [2.45, 2.75) is 25.2 Å². The Hall–Kier alpha value is -2.82. The first-order valence-electron chi connectivity index (χ1n) is 10.4. The zero-order valence-corrected chi connectivity index (χ0v) is 16.8. The number of benzene rings is 2. The molecule has 0 radical (unpaired) electrons. The molecule has 0 aromatic heterocycles. The smallest absolute Gasteiger partial charge is 0.253 e. The van der Waals surface area contributed by atoms with Gasteiger partial charge in [0.05, 0.1) is 13.0 Å². The standard InChI is InChI=1S/C24H28N2O3/c1-29-22-11-9-19(10-12-22)24(28)26-15-20(18-5-3-2-4-6-18)13-21(16-26)23(27)25-14-17-7-8-17/h2-6,9-12,17,20-21H,7-8,13-16H2,1H3,(H,25,27). The fraction of sp³-hybridized carbons (Fsp3) is 0.417. The van der Waals surface area contributed by atoms with E-state index >= 15 is 0 Å². The van der Waals surface area contributed by atoms with Gasteiger partial charge in [0.1, 0.15) is 5.75 Å². The van der Waals surface area contributed by atoms with Gasteiger partial charge in [-0.2, -0.15) is 0 Å². The molecular weight excluding hydrogens is 364 g/mol. The average molecular weight is 392 g/mol. The summed E-state index contributed by atoms with van der Waals surface area (Å²) in [5.41, 5.74) is 1.80. The van der Waals surface area contributed by atoms with Crippen LogP contribution < -0.4 is 10.1 Å². The van der Waals surface area contributed by atoms with E-state index in [0.29, 0.717) is 24.6 Å². The summed E-state index contributed by atoms with van der Waals surface area (Å²) < 4.78 is 5.19. The van der Waals surface area contributed by atoms with Gasteiger partial charge in [-0.15, -0.1) is 0 Å². The van der Waals surface area contributed by atoms with Crippen molar-refractivity contribution in [2.75, 3.05) is 26.7 Å². The van der Waals surface area contributed by atoms with Gasteiger partial charge in [-0.05, 0) is 55.0 Å². The predicted molar refractivity (Wildman–Crippen MR) is 112 cm³/mol. The van der Waals surface area contributed by atoms with Gasteiger partial charge in [-0.3, -0.25) is 9.59 Å². The first kappa shape index (κ1) is 19.5. The number of methoxy groups -OCH3 is 1. The van der Waals surface area contributed by atoms with E-state index < -0.39 is 0 Å². The SMILES string of the molecule is COc1ccc(C(=O)N2CC(C(=O)NCC3CC3)CC(c3ccccc3)C2)cc1. The van der Waals surface area contributed by atoms with Crippen LogP contribution in [0, 0.1) is 11.8 Å². The lowest BCUT2D eigenvalue weighted by Gasteiger charge is -2.37. The van der Waals surface area contributed by atoms with Crippen molar-refractivity contribution >= 4 is 11.8 Å². The molecule has 5 nitrogen and oxygen atoms in total. The molecule has 29 heavy (non-hydrogen) atoms. The third-order valence-electron chi connectivity index (χ3n) is 5.98. The lowest BCUT2D eigenvalue weighted by molar-refractivity contribution is -0.126. The van der Waals surface area contributed by atoms with Crippen molar-refractivity contribution in [1.29, 1.82) is 0 Å². The highest BCUT2D eigenvalue weighted by Gasteiger charge is 2.35. The number of likely N-dealkylation sites (tertiary alicyclic amines) is 1. The van der Waals surface area contributed by atoms with Crippen molar-refractivity contribution in [3.05, 3.63) is 65.7 Å². The number of carbonyl (C=O) groups is 2. The first-order valence-corrected chi connectivity index (χ1v) is 10.4. The Morgan fingerprint density at radius 1 is 1.03 bits per heavy atom. The molecule has 2 fully saturated rings. The van der Waals surface area contributed by atoms with E-state index in [1.807, 2.05) is 23.1 Å². The summed E-state index contributed by atoms with van der Waals surface area (Å²) in [6.45, 7) is 1.85. The largest absolute Gasteiger partial charge is 0.497 e. The summed E-state index contributed by atoms with van der Waals surface area (Å²) in [6, 6.07) is 17.4. The van der Waals surface area contributed by atoms with E-state index in [4.69, 9.17) is 4.74 Å². The zero-order valence-electron chi connectivity index (χ0n) is 16.8. The molecule has 0 spiro atoms. The highest BCUT2D eigenvalue weighted by atomic mass is 16.5.